The van der Waals surface area contributed by atoms with E-state index in [0.29, 0.717) is 0 Å². The normalized spacial score (nSPS) is 16.7. The Morgan fingerprint density at radius 3 is 1.16 bits per heavy atom. The molecule has 0 radical (unpaired) electrons. The number of allylic oxidation sites excluding steroid dienone is 4. The molecule has 5 aromatic rings. The van der Waals surface area contributed by atoms with Crippen LogP contribution in [0.15, 0.2) is 103 Å². The van der Waals surface area contributed by atoms with Crippen molar-refractivity contribution in [2.24, 2.45) is 0 Å². The Kier molecular flexibility index (Phi) is 7.89. The Hall–Kier alpha value is -3.94. The average molecular weight is 638 g/mol. The van der Waals surface area contributed by atoms with Gasteiger partial charge in [0.2, 0.25) is 0 Å². The summed E-state index contributed by atoms with van der Waals surface area (Å²) in [6.07, 6.45) is 0. The highest BCUT2D eigenvalue weighted by Gasteiger charge is 2.48. The maximum absolute atomic E-state index is 4.61. The third-order valence-corrected chi connectivity index (χ3v) is 9.94. The van der Waals surface area contributed by atoms with Crippen LogP contribution in [0, 0.1) is 55.4 Å². The van der Waals surface area contributed by atoms with Crippen molar-refractivity contribution in [3.63, 3.8) is 0 Å². The van der Waals surface area contributed by atoms with Crippen molar-refractivity contribution >= 4 is 38.2 Å². The minimum absolute atomic E-state index is 0.606. The summed E-state index contributed by atoms with van der Waals surface area (Å²) in [5, 5.41) is 0. The molecule has 5 aromatic carbocycles. The van der Waals surface area contributed by atoms with Crippen molar-refractivity contribution in [3.05, 3.63) is 175 Å². The van der Waals surface area contributed by atoms with Gasteiger partial charge in [-0.3, -0.25) is 0 Å². The molecule has 0 amide bonds. The summed E-state index contributed by atoms with van der Waals surface area (Å²) < 4.78 is -0.606. The molecule has 1 atom stereocenters. The van der Waals surface area contributed by atoms with Gasteiger partial charge in [-0.2, -0.15) is 0 Å². The summed E-state index contributed by atoms with van der Waals surface area (Å²) in [7, 11) is 0. The number of rotatable bonds is 5. The van der Waals surface area contributed by atoms with Crippen molar-refractivity contribution in [3.8, 4) is 0 Å². The fourth-order valence-corrected chi connectivity index (χ4v) is 8.39. The molecule has 1 aliphatic carbocycles. The van der Waals surface area contributed by atoms with Gasteiger partial charge in [-0.05, 0) is 105 Å². The molecule has 0 N–H and O–H groups in total. The molecule has 0 nitrogen and oxygen atoms in total. The zero-order valence-electron chi connectivity index (χ0n) is 27.2. The van der Waals surface area contributed by atoms with Crippen LogP contribution < -0.4 is 0 Å². The molecule has 0 saturated heterocycles. The molecule has 0 aliphatic heterocycles. The Morgan fingerprint density at radius 2 is 0.727 bits per heavy atom. The van der Waals surface area contributed by atoms with Gasteiger partial charge in [-0.1, -0.05) is 164 Å². The van der Waals surface area contributed by atoms with Gasteiger partial charge >= 0.3 is 0 Å². The van der Waals surface area contributed by atoms with Crippen LogP contribution in [0.5, 0.6) is 0 Å². The van der Waals surface area contributed by atoms with Gasteiger partial charge in [-0.15, -0.1) is 0 Å². The standard InChI is InChI=1S/C43H41Br/c1-26-11-9-13-34(18-26)39-40(35-19-28(3)15-29(4)20-35)42(37-23-32(7)17-33(8)24-37)43(44,38-14-10-12-27(2)25-38)41(39)36-21-30(5)16-31(6)22-36/h9-25H,1-8H3. The molecule has 1 unspecified atom stereocenters. The smallest absolute Gasteiger partial charge is 0.0695 e. The highest BCUT2D eigenvalue weighted by Crippen LogP contribution is 2.65. The lowest BCUT2D eigenvalue weighted by atomic mass is 9.79. The van der Waals surface area contributed by atoms with E-state index in [-0.39, 0.29) is 0 Å². The third kappa shape index (κ3) is 5.44. The molecule has 0 fully saturated rings. The van der Waals surface area contributed by atoms with E-state index < -0.39 is 4.32 Å². The van der Waals surface area contributed by atoms with Crippen molar-refractivity contribution in [2.45, 2.75) is 59.7 Å². The SMILES string of the molecule is Cc1cccc(C2=C(c3cc(C)cc(C)c3)C(Br)(c3cccc(C)c3)C(c3cc(C)cc(C)c3)=C2c2cc(C)cc(C)c2)c1. The summed E-state index contributed by atoms with van der Waals surface area (Å²) in [6.45, 7) is 17.7. The van der Waals surface area contributed by atoms with Gasteiger partial charge in [0.1, 0.15) is 4.32 Å². The minimum atomic E-state index is -0.606. The van der Waals surface area contributed by atoms with E-state index >= 15 is 0 Å². The molecular weight excluding hydrogens is 596 g/mol. The number of alkyl halides is 1. The Balaban J connectivity index is 1.90. The lowest BCUT2D eigenvalue weighted by molar-refractivity contribution is 1.06. The van der Waals surface area contributed by atoms with Crippen molar-refractivity contribution in [1.82, 2.24) is 0 Å². The summed E-state index contributed by atoms with van der Waals surface area (Å²) >= 11 is 4.61. The monoisotopic (exact) mass is 636 g/mol. The van der Waals surface area contributed by atoms with E-state index in [0.717, 1.165) is 0 Å². The largest absolute Gasteiger partial charge is 0.103 e. The van der Waals surface area contributed by atoms with Crippen LogP contribution in [0.3, 0.4) is 0 Å². The van der Waals surface area contributed by atoms with Crippen molar-refractivity contribution < 1.29 is 0 Å². The van der Waals surface area contributed by atoms with Crippen LogP contribution in [0.25, 0.3) is 22.3 Å². The third-order valence-electron chi connectivity index (χ3n) is 8.69. The number of aryl methyl sites for hydroxylation is 8. The van der Waals surface area contributed by atoms with E-state index in [4.69, 9.17) is 0 Å². The molecule has 0 heterocycles. The lowest BCUT2D eigenvalue weighted by Gasteiger charge is -2.32. The molecule has 220 valence electrons. The minimum Gasteiger partial charge on any atom is -0.0695 e. The molecule has 0 bridgehead atoms. The zero-order chi connectivity index (χ0) is 31.3. The average Bonchev–Trinajstić information content (AvgIpc) is 3.22. The summed E-state index contributed by atoms with van der Waals surface area (Å²) in [6, 6.07) is 39.1. The summed E-state index contributed by atoms with van der Waals surface area (Å²) in [5.41, 5.74) is 21.5. The van der Waals surface area contributed by atoms with Gasteiger partial charge in [0, 0.05) is 0 Å². The van der Waals surface area contributed by atoms with Crippen LogP contribution >= 0.6 is 15.9 Å². The van der Waals surface area contributed by atoms with Crippen LogP contribution in [0.2, 0.25) is 0 Å². The second kappa shape index (κ2) is 11.5. The number of halogens is 1. The van der Waals surface area contributed by atoms with Gasteiger partial charge in [0.15, 0.2) is 0 Å². The molecule has 1 heteroatoms. The maximum Gasteiger partial charge on any atom is 0.103 e. The van der Waals surface area contributed by atoms with Crippen LogP contribution in [0.4, 0.5) is 0 Å². The molecule has 0 saturated carbocycles. The Labute approximate surface area is 272 Å². The molecule has 0 spiro atoms. The van der Waals surface area contributed by atoms with E-state index in [1.807, 2.05) is 0 Å². The fraction of sp³-hybridized carbons (Fsp3) is 0.209. The first-order valence-electron chi connectivity index (χ1n) is 15.5. The first-order chi connectivity index (χ1) is 20.9. The first-order valence-corrected chi connectivity index (χ1v) is 16.3. The van der Waals surface area contributed by atoms with Crippen LogP contribution in [-0.2, 0) is 4.32 Å². The maximum atomic E-state index is 4.61. The summed E-state index contributed by atoms with van der Waals surface area (Å²) in [5.74, 6) is 0. The van der Waals surface area contributed by atoms with E-state index in [1.54, 1.807) is 0 Å². The highest BCUT2D eigenvalue weighted by molar-refractivity contribution is 9.10. The molecule has 0 aromatic heterocycles. The predicted molar refractivity (Wildman–Crippen MR) is 194 cm³/mol. The van der Waals surface area contributed by atoms with Crippen molar-refractivity contribution in [2.75, 3.05) is 0 Å². The highest BCUT2D eigenvalue weighted by atomic mass is 79.9. The quantitative estimate of drug-likeness (QED) is 0.168. The van der Waals surface area contributed by atoms with E-state index in [1.165, 1.54) is 94.6 Å². The number of benzene rings is 5. The van der Waals surface area contributed by atoms with E-state index in [2.05, 4.69) is 174 Å². The molecule has 44 heavy (non-hydrogen) atoms. The Morgan fingerprint density at radius 1 is 0.364 bits per heavy atom. The van der Waals surface area contributed by atoms with E-state index in [9.17, 15) is 0 Å². The topological polar surface area (TPSA) is 0 Å². The molecular formula is C43H41Br. The summed E-state index contributed by atoms with van der Waals surface area (Å²) in [4.78, 5) is 0. The molecule has 6 rings (SSSR count). The zero-order valence-corrected chi connectivity index (χ0v) is 28.8. The fourth-order valence-electron chi connectivity index (χ4n) is 7.29. The number of hydrogen-bond acceptors (Lipinski definition) is 0. The van der Waals surface area contributed by atoms with Crippen LogP contribution in [-0.4, -0.2) is 0 Å². The van der Waals surface area contributed by atoms with Gasteiger partial charge in [0.25, 0.3) is 0 Å². The first kappa shape index (κ1) is 30.1. The van der Waals surface area contributed by atoms with Gasteiger partial charge < -0.3 is 0 Å². The Bertz CT molecular complexity index is 1940. The second-order valence-electron chi connectivity index (χ2n) is 13.0. The molecule has 1 aliphatic rings. The van der Waals surface area contributed by atoms with Gasteiger partial charge in [-0.25, -0.2) is 0 Å². The van der Waals surface area contributed by atoms with Gasteiger partial charge in [0.05, 0.1) is 0 Å². The number of hydrogen-bond donors (Lipinski definition) is 0. The predicted octanol–water partition coefficient (Wildman–Crippen LogP) is 12.0. The second-order valence-corrected chi connectivity index (χ2v) is 14.2. The lowest BCUT2D eigenvalue weighted by Crippen LogP contribution is -2.21. The van der Waals surface area contributed by atoms with Crippen LogP contribution in [0.1, 0.15) is 72.3 Å². The van der Waals surface area contributed by atoms with Crippen molar-refractivity contribution in [1.29, 1.82) is 0 Å².